The molecule has 0 spiro atoms. The van der Waals surface area contributed by atoms with Crippen molar-refractivity contribution in [1.82, 2.24) is 9.97 Å². The zero-order valence-electron chi connectivity index (χ0n) is 12.5. The fraction of sp³-hybridized carbons (Fsp3) is 0.312. The quantitative estimate of drug-likeness (QED) is 0.488. The molecule has 0 N–H and O–H groups in total. The number of ketones is 1. The van der Waals surface area contributed by atoms with Crippen LogP contribution in [0.4, 0.5) is 4.39 Å². The topological polar surface area (TPSA) is 42.9 Å². The second kappa shape index (κ2) is 6.35. The molecule has 2 rings (SSSR count). The molecule has 0 radical (unpaired) electrons. The standard InChI is InChI=1S/C16H17FN2OS/c1-9-10(2)18-16(19-11(9)3)21-12(4)15(20)13-5-7-14(17)8-6-13/h5-8,12H,1-4H3/t12-/m0/s1. The van der Waals surface area contributed by atoms with Gasteiger partial charge in [-0.2, -0.15) is 0 Å². The first-order valence-corrected chi connectivity index (χ1v) is 7.54. The second-order valence-corrected chi connectivity index (χ2v) is 6.24. The Labute approximate surface area is 128 Å². The molecule has 1 aromatic carbocycles. The highest BCUT2D eigenvalue weighted by Crippen LogP contribution is 2.24. The molecule has 21 heavy (non-hydrogen) atoms. The van der Waals surface area contributed by atoms with Gasteiger partial charge in [-0.25, -0.2) is 14.4 Å². The zero-order valence-corrected chi connectivity index (χ0v) is 13.3. The Morgan fingerprint density at radius 3 is 2.14 bits per heavy atom. The number of hydrogen-bond donors (Lipinski definition) is 0. The number of carbonyl (C=O) groups is 1. The van der Waals surface area contributed by atoms with Crippen molar-refractivity contribution in [2.24, 2.45) is 0 Å². The molecular weight excluding hydrogens is 287 g/mol. The highest BCUT2D eigenvalue weighted by atomic mass is 32.2. The van der Waals surface area contributed by atoms with E-state index in [1.807, 2.05) is 27.7 Å². The number of aromatic nitrogens is 2. The summed E-state index contributed by atoms with van der Waals surface area (Å²) in [5.41, 5.74) is 3.41. The summed E-state index contributed by atoms with van der Waals surface area (Å²) in [6, 6.07) is 5.59. The molecule has 2 aromatic rings. The molecule has 0 fully saturated rings. The van der Waals surface area contributed by atoms with Crippen LogP contribution in [0, 0.1) is 26.6 Å². The molecule has 1 heterocycles. The smallest absolute Gasteiger partial charge is 0.188 e. The molecule has 0 aliphatic rings. The zero-order chi connectivity index (χ0) is 15.6. The molecule has 0 saturated carbocycles. The van der Waals surface area contributed by atoms with E-state index in [-0.39, 0.29) is 16.9 Å². The van der Waals surface area contributed by atoms with E-state index in [0.717, 1.165) is 17.0 Å². The minimum atomic E-state index is -0.347. The van der Waals surface area contributed by atoms with E-state index in [1.165, 1.54) is 36.0 Å². The van der Waals surface area contributed by atoms with Crippen molar-refractivity contribution in [1.29, 1.82) is 0 Å². The van der Waals surface area contributed by atoms with Crippen LogP contribution in [0.3, 0.4) is 0 Å². The van der Waals surface area contributed by atoms with E-state index in [0.29, 0.717) is 10.7 Å². The molecule has 0 saturated heterocycles. The summed E-state index contributed by atoms with van der Waals surface area (Å²) in [5.74, 6) is -0.403. The van der Waals surface area contributed by atoms with Crippen LogP contribution < -0.4 is 0 Å². The number of nitrogens with zero attached hydrogens (tertiary/aromatic N) is 2. The number of halogens is 1. The van der Waals surface area contributed by atoms with Gasteiger partial charge in [-0.1, -0.05) is 11.8 Å². The summed E-state index contributed by atoms with van der Waals surface area (Å²) in [5, 5.41) is 0.274. The van der Waals surface area contributed by atoms with Crippen LogP contribution >= 0.6 is 11.8 Å². The molecule has 1 aromatic heterocycles. The van der Waals surface area contributed by atoms with Gasteiger partial charge >= 0.3 is 0 Å². The van der Waals surface area contributed by atoms with E-state index in [4.69, 9.17) is 0 Å². The van der Waals surface area contributed by atoms with Gasteiger partial charge in [0.2, 0.25) is 0 Å². The second-order valence-electron chi connectivity index (χ2n) is 4.93. The van der Waals surface area contributed by atoms with Crippen molar-refractivity contribution in [2.75, 3.05) is 0 Å². The number of rotatable bonds is 4. The van der Waals surface area contributed by atoms with Crippen LogP contribution in [-0.2, 0) is 0 Å². The summed E-state index contributed by atoms with van der Waals surface area (Å²) < 4.78 is 12.9. The van der Waals surface area contributed by atoms with Gasteiger partial charge in [0, 0.05) is 17.0 Å². The van der Waals surface area contributed by atoms with Gasteiger partial charge in [-0.15, -0.1) is 0 Å². The largest absolute Gasteiger partial charge is 0.293 e. The van der Waals surface area contributed by atoms with Gasteiger partial charge in [-0.3, -0.25) is 4.79 Å². The monoisotopic (exact) mass is 304 g/mol. The van der Waals surface area contributed by atoms with Gasteiger partial charge in [0.1, 0.15) is 5.82 Å². The van der Waals surface area contributed by atoms with Crippen molar-refractivity contribution in [3.63, 3.8) is 0 Å². The van der Waals surface area contributed by atoms with Crippen LogP contribution in [-0.4, -0.2) is 21.0 Å². The van der Waals surface area contributed by atoms with Gasteiger partial charge in [0.25, 0.3) is 0 Å². The molecule has 0 bridgehead atoms. The summed E-state index contributed by atoms with van der Waals surface area (Å²) in [4.78, 5) is 21.1. The number of carbonyl (C=O) groups excluding carboxylic acids is 1. The minimum Gasteiger partial charge on any atom is -0.293 e. The Hall–Kier alpha value is -1.75. The predicted molar refractivity (Wildman–Crippen MR) is 82.3 cm³/mol. The average molecular weight is 304 g/mol. The first-order chi connectivity index (χ1) is 9.88. The fourth-order valence-electron chi connectivity index (χ4n) is 1.85. The van der Waals surface area contributed by atoms with Crippen LogP contribution in [0.1, 0.15) is 34.2 Å². The van der Waals surface area contributed by atoms with E-state index in [2.05, 4.69) is 9.97 Å². The lowest BCUT2D eigenvalue weighted by atomic mass is 10.1. The third kappa shape index (κ3) is 3.67. The average Bonchev–Trinajstić information content (AvgIpc) is 2.44. The third-order valence-electron chi connectivity index (χ3n) is 3.39. The lowest BCUT2D eigenvalue weighted by molar-refractivity contribution is 0.0994. The van der Waals surface area contributed by atoms with Crippen molar-refractivity contribution < 1.29 is 9.18 Å². The number of Topliss-reactive ketones (excluding diaryl/α,β-unsaturated/α-hetero) is 1. The van der Waals surface area contributed by atoms with Crippen LogP contribution in [0.15, 0.2) is 29.4 Å². The highest BCUT2D eigenvalue weighted by Gasteiger charge is 2.18. The Morgan fingerprint density at radius 2 is 1.62 bits per heavy atom. The number of hydrogen-bond acceptors (Lipinski definition) is 4. The maximum Gasteiger partial charge on any atom is 0.188 e. The minimum absolute atomic E-state index is 0.0560. The lowest BCUT2D eigenvalue weighted by Crippen LogP contribution is -2.14. The summed E-state index contributed by atoms with van der Waals surface area (Å²) in [6.07, 6.45) is 0. The fourth-order valence-corrected chi connectivity index (χ4v) is 2.79. The SMILES string of the molecule is Cc1nc(S[C@@H](C)C(=O)c2ccc(F)cc2)nc(C)c1C. The molecular formula is C16H17FN2OS. The van der Waals surface area contributed by atoms with E-state index < -0.39 is 0 Å². The van der Waals surface area contributed by atoms with Crippen LogP contribution in [0.2, 0.25) is 0 Å². The third-order valence-corrected chi connectivity index (χ3v) is 4.35. The molecule has 1 atom stereocenters. The molecule has 3 nitrogen and oxygen atoms in total. The first kappa shape index (κ1) is 15.6. The molecule has 110 valence electrons. The maximum absolute atomic E-state index is 12.9. The predicted octanol–water partition coefficient (Wildman–Crippen LogP) is 3.90. The summed E-state index contributed by atoms with van der Waals surface area (Å²) in [6.45, 7) is 7.65. The van der Waals surface area contributed by atoms with Crippen molar-refractivity contribution in [3.8, 4) is 0 Å². The Kier molecular flexibility index (Phi) is 4.73. The van der Waals surface area contributed by atoms with E-state index >= 15 is 0 Å². The lowest BCUT2D eigenvalue weighted by Gasteiger charge is -2.11. The van der Waals surface area contributed by atoms with Crippen LogP contribution in [0.25, 0.3) is 0 Å². The molecule has 5 heteroatoms. The maximum atomic E-state index is 12.9. The first-order valence-electron chi connectivity index (χ1n) is 6.66. The Balaban J connectivity index is 2.16. The van der Waals surface area contributed by atoms with Crippen molar-refractivity contribution >= 4 is 17.5 Å². The van der Waals surface area contributed by atoms with E-state index in [9.17, 15) is 9.18 Å². The molecule has 0 aliphatic carbocycles. The highest BCUT2D eigenvalue weighted by molar-refractivity contribution is 8.00. The normalized spacial score (nSPS) is 12.2. The van der Waals surface area contributed by atoms with Crippen LogP contribution in [0.5, 0.6) is 0 Å². The number of thioether (sulfide) groups is 1. The summed E-state index contributed by atoms with van der Waals surface area (Å²) >= 11 is 1.32. The van der Waals surface area contributed by atoms with Crippen molar-refractivity contribution in [2.45, 2.75) is 38.1 Å². The van der Waals surface area contributed by atoms with Gasteiger partial charge in [0.05, 0.1) is 5.25 Å². The molecule has 0 aliphatic heterocycles. The van der Waals surface area contributed by atoms with Gasteiger partial charge < -0.3 is 0 Å². The Bertz CT molecular complexity index is 647. The van der Waals surface area contributed by atoms with Gasteiger partial charge in [0.15, 0.2) is 10.9 Å². The number of aryl methyl sites for hydroxylation is 2. The van der Waals surface area contributed by atoms with Gasteiger partial charge in [-0.05, 0) is 57.5 Å². The molecule has 0 amide bonds. The van der Waals surface area contributed by atoms with E-state index in [1.54, 1.807) is 0 Å². The summed E-state index contributed by atoms with van der Waals surface area (Å²) in [7, 11) is 0. The molecule has 0 unspecified atom stereocenters. The van der Waals surface area contributed by atoms with Crippen molar-refractivity contribution in [3.05, 3.63) is 52.6 Å². The Morgan fingerprint density at radius 1 is 1.10 bits per heavy atom. The number of benzene rings is 1.